The summed E-state index contributed by atoms with van der Waals surface area (Å²) in [6.07, 6.45) is 12.2. The maximum atomic E-state index is 5.77. The third-order valence-corrected chi connectivity index (χ3v) is 4.31. The molecule has 0 aromatic heterocycles. The average Bonchev–Trinajstić information content (AvgIpc) is 2.96. The molecule has 0 aromatic carbocycles. The summed E-state index contributed by atoms with van der Waals surface area (Å²) in [4.78, 5) is 0. The molecule has 2 aliphatic rings. The van der Waals surface area contributed by atoms with Crippen LogP contribution >= 0.6 is 0 Å². The van der Waals surface area contributed by atoms with Gasteiger partial charge < -0.3 is 14.8 Å². The Morgan fingerprint density at radius 3 is 2.74 bits per heavy atom. The van der Waals surface area contributed by atoms with Crippen LogP contribution in [0.2, 0.25) is 0 Å². The van der Waals surface area contributed by atoms with Crippen LogP contribution in [0.5, 0.6) is 0 Å². The highest BCUT2D eigenvalue weighted by atomic mass is 16.5. The Labute approximate surface area is 117 Å². The third kappa shape index (κ3) is 5.25. The van der Waals surface area contributed by atoms with Crippen LogP contribution in [0.3, 0.4) is 0 Å². The third-order valence-electron chi connectivity index (χ3n) is 4.31. The van der Waals surface area contributed by atoms with E-state index in [9.17, 15) is 0 Å². The standard InChI is InChI=1S/C16H29NO2/c1-18-11-9-17-13-15(12-16-8-5-10-19-16)14-6-3-2-4-7-14/h12,14,16-17H,2-11,13H2,1H3. The second kappa shape index (κ2) is 8.72. The first-order chi connectivity index (χ1) is 9.40. The molecule has 1 atom stereocenters. The molecule has 0 spiro atoms. The molecule has 0 aromatic rings. The highest BCUT2D eigenvalue weighted by Gasteiger charge is 2.20. The fraction of sp³-hybridized carbons (Fsp3) is 0.875. The predicted octanol–water partition coefficient (Wildman–Crippen LogP) is 2.91. The van der Waals surface area contributed by atoms with E-state index >= 15 is 0 Å². The first kappa shape index (κ1) is 15.0. The number of hydrogen-bond acceptors (Lipinski definition) is 3. The molecule has 2 fully saturated rings. The van der Waals surface area contributed by atoms with Gasteiger partial charge >= 0.3 is 0 Å². The van der Waals surface area contributed by atoms with Gasteiger partial charge in [-0.05, 0) is 31.6 Å². The molecular formula is C16H29NO2. The Balaban J connectivity index is 1.87. The van der Waals surface area contributed by atoms with Crippen LogP contribution in [0.1, 0.15) is 44.9 Å². The van der Waals surface area contributed by atoms with Crippen molar-refractivity contribution in [1.29, 1.82) is 0 Å². The fourth-order valence-corrected chi connectivity index (χ4v) is 3.19. The van der Waals surface area contributed by atoms with Gasteiger partial charge in [0.05, 0.1) is 12.7 Å². The van der Waals surface area contributed by atoms with E-state index in [-0.39, 0.29) is 0 Å². The molecule has 1 N–H and O–H groups in total. The molecule has 2 rings (SSSR count). The zero-order valence-electron chi connectivity index (χ0n) is 12.3. The summed E-state index contributed by atoms with van der Waals surface area (Å²) in [5.74, 6) is 0.785. The molecule has 1 unspecified atom stereocenters. The first-order valence-electron chi connectivity index (χ1n) is 7.92. The molecule has 0 amide bonds. The molecule has 1 heterocycles. The predicted molar refractivity (Wildman–Crippen MR) is 78.4 cm³/mol. The lowest BCUT2D eigenvalue weighted by molar-refractivity contribution is 0.144. The van der Waals surface area contributed by atoms with E-state index < -0.39 is 0 Å². The Morgan fingerprint density at radius 1 is 1.21 bits per heavy atom. The smallest absolute Gasteiger partial charge is 0.0759 e. The van der Waals surface area contributed by atoms with E-state index in [4.69, 9.17) is 9.47 Å². The van der Waals surface area contributed by atoms with Crippen molar-refractivity contribution in [1.82, 2.24) is 5.32 Å². The minimum atomic E-state index is 0.376. The van der Waals surface area contributed by atoms with Crippen molar-refractivity contribution in [2.45, 2.75) is 51.0 Å². The number of ether oxygens (including phenoxy) is 2. The van der Waals surface area contributed by atoms with Crippen molar-refractivity contribution in [3.8, 4) is 0 Å². The summed E-state index contributed by atoms with van der Waals surface area (Å²) in [7, 11) is 1.76. The normalized spacial score (nSPS) is 25.9. The Bertz CT molecular complexity index is 266. The fourth-order valence-electron chi connectivity index (χ4n) is 3.19. The van der Waals surface area contributed by atoms with Gasteiger partial charge in [-0.25, -0.2) is 0 Å². The molecule has 1 saturated heterocycles. The number of hydrogen-bond donors (Lipinski definition) is 1. The van der Waals surface area contributed by atoms with Gasteiger partial charge in [-0.2, -0.15) is 0 Å². The van der Waals surface area contributed by atoms with E-state index in [1.165, 1.54) is 44.9 Å². The maximum absolute atomic E-state index is 5.77. The molecule has 1 aliphatic carbocycles. The van der Waals surface area contributed by atoms with Crippen LogP contribution in [-0.4, -0.2) is 39.5 Å². The van der Waals surface area contributed by atoms with Gasteiger partial charge in [-0.15, -0.1) is 0 Å². The largest absolute Gasteiger partial charge is 0.383 e. The van der Waals surface area contributed by atoms with Gasteiger partial charge in [0.15, 0.2) is 0 Å². The minimum absolute atomic E-state index is 0.376. The lowest BCUT2D eigenvalue weighted by Crippen LogP contribution is -2.26. The van der Waals surface area contributed by atoms with Crippen LogP contribution < -0.4 is 5.32 Å². The van der Waals surface area contributed by atoms with E-state index in [2.05, 4.69) is 11.4 Å². The van der Waals surface area contributed by atoms with Crippen LogP contribution in [0.15, 0.2) is 11.6 Å². The topological polar surface area (TPSA) is 30.5 Å². The second-order valence-corrected chi connectivity index (χ2v) is 5.80. The van der Waals surface area contributed by atoms with Crippen molar-refractivity contribution in [3.05, 3.63) is 11.6 Å². The molecule has 3 heteroatoms. The molecule has 19 heavy (non-hydrogen) atoms. The summed E-state index contributed by atoms with van der Waals surface area (Å²) in [6.45, 7) is 3.67. The van der Waals surface area contributed by atoms with Gasteiger partial charge in [0.25, 0.3) is 0 Å². The molecular weight excluding hydrogens is 238 g/mol. The molecule has 110 valence electrons. The SMILES string of the molecule is COCCNCC(=CC1CCCO1)C1CCCCC1. The summed E-state index contributed by atoms with van der Waals surface area (Å²) in [6, 6.07) is 0. The van der Waals surface area contributed by atoms with Crippen LogP contribution in [0.4, 0.5) is 0 Å². The molecule has 0 radical (unpaired) electrons. The number of methoxy groups -OCH3 is 1. The van der Waals surface area contributed by atoms with E-state index in [0.717, 1.165) is 32.2 Å². The Morgan fingerprint density at radius 2 is 2.05 bits per heavy atom. The van der Waals surface area contributed by atoms with Gasteiger partial charge in [0, 0.05) is 26.8 Å². The minimum Gasteiger partial charge on any atom is -0.383 e. The number of rotatable bonds is 7. The molecule has 0 bridgehead atoms. The zero-order valence-corrected chi connectivity index (χ0v) is 12.3. The van der Waals surface area contributed by atoms with Gasteiger partial charge in [-0.1, -0.05) is 30.9 Å². The van der Waals surface area contributed by atoms with Gasteiger partial charge in [0.2, 0.25) is 0 Å². The highest BCUT2D eigenvalue weighted by Crippen LogP contribution is 2.30. The molecule has 3 nitrogen and oxygen atoms in total. The monoisotopic (exact) mass is 267 g/mol. The average molecular weight is 267 g/mol. The summed E-state index contributed by atoms with van der Waals surface area (Å²) < 4.78 is 10.9. The van der Waals surface area contributed by atoms with E-state index in [0.29, 0.717) is 6.10 Å². The summed E-state index contributed by atoms with van der Waals surface area (Å²) in [5.41, 5.74) is 1.59. The first-order valence-corrected chi connectivity index (χ1v) is 7.92. The van der Waals surface area contributed by atoms with E-state index in [1.54, 1.807) is 12.7 Å². The molecule has 1 aliphatic heterocycles. The summed E-state index contributed by atoms with van der Waals surface area (Å²) in [5, 5.41) is 3.51. The van der Waals surface area contributed by atoms with Crippen LogP contribution in [0, 0.1) is 5.92 Å². The van der Waals surface area contributed by atoms with Crippen molar-refractivity contribution >= 4 is 0 Å². The van der Waals surface area contributed by atoms with Gasteiger partial charge in [-0.3, -0.25) is 0 Å². The van der Waals surface area contributed by atoms with E-state index in [1.807, 2.05) is 0 Å². The van der Waals surface area contributed by atoms with Crippen LogP contribution in [0.25, 0.3) is 0 Å². The zero-order chi connectivity index (χ0) is 13.3. The lowest BCUT2D eigenvalue weighted by atomic mass is 9.83. The van der Waals surface area contributed by atoms with Crippen LogP contribution in [-0.2, 0) is 9.47 Å². The maximum Gasteiger partial charge on any atom is 0.0759 e. The quantitative estimate of drug-likeness (QED) is 0.568. The highest BCUT2D eigenvalue weighted by molar-refractivity contribution is 5.13. The molecule has 1 saturated carbocycles. The van der Waals surface area contributed by atoms with Crippen molar-refractivity contribution in [3.63, 3.8) is 0 Å². The Kier molecular flexibility index (Phi) is 6.90. The number of nitrogens with one attached hydrogen (secondary N) is 1. The van der Waals surface area contributed by atoms with Crippen molar-refractivity contribution in [2.24, 2.45) is 5.92 Å². The van der Waals surface area contributed by atoms with Crippen molar-refractivity contribution in [2.75, 3.05) is 33.4 Å². The van der Waals surface area contributed by atoms with Gasteiger partial charge in [0.1, 0.15) is 0 Å². The second-order valence-electron chi connectivity index (χ2n) is 5.80. The lowest BCUT2D eigenvalue weighted by Gasteiger charge is -2.26. The summed E-state index contributed by atoms with van der Waals surface area (Å²) >= 11 is 0. The Hall–Kier alpha value is -0.380. The van der Waals surface area contributed by atoms with Crippen molar-refractivity contribution < 1.29 is 9.47 Å².